The third-order valence-corrected chi connectivity index (χ3v) is 3.24. The summed E-state index contributed by atoms with van der Waals surface area (Å²) in [5.74, 6) is 2.61. The first-order chi connectivity index (χ1) is 7.69. The first-order valence-electron chi connectivity index (χ1n) is 5.91. The van der Waals surface area contributed by atoms with E-state index in [9.17, 15) is 0 Å². The Morgan fingerprint density at radius 3 is 3.00 bits per heavy atom. The van der Waals surface area contributed by atoms with Crippen LogP contribution < -0.4 is 0 Å². The van der Waals surface area contributed by atoms with Crippen molar-refractivity contribution < 1.29 is 4.52 Å². The monoisotopic (exact) mass is 219 g/mol. The van der Waals surface area contributed by atoms with Crippen molar-refractivity contribution in [1.29, 1.82) is 5.26 Å². The van der Waals surface area contributed by atoms with Gasteiger partial charge in [0.2, 0.25) is 5.89 Å². The highest BCUT2D eigenvalue weighted by molar-refractivity contribution is 5.00. The van der Waals surface area contributed by atoms with Crippen LogP contribution in [0.3, 0.4) is 0 Å². The first kappa shape index (κ1) is 11.1. The van der Waals surface area contributed by atoms with Gasteiger partial charge in [-0.05, 0) is 32.1 Å². The third kappa shape index (κ3) is 2.41. The van der Waals surface area contributed by atoms with Crippen LogP contribution in [0, 0.1) is 23.2 Å². The van der Waals surface area contributed by atoms with E-state index in [1.165, 1.54) is 6.42 Å². The fourth-order valence-corrected chi connectivity index (χ4v) is 2.27. The van der Waals surface area contributed by atoms with Crippen molar-refractivity contribution >= 4 is 0 Å². The van der Waals surface area contributed by atoms with E-state index in [0.29, 0.717) is 18.2 Å². The Kier molecular flexibility index (Phi) is 3.23. The first-order valence-corrected chi connectivity index (χ1v) is 5.91. The van der Waals surface area contributed by atoms with E-state index >= 15 is 0 Å². The zero-order valence-corrected chi connectivity index (χ0v) is 9.81. The van der Waals surface area contributed by atoms with Crippen molar-refractivity contribution in [2.24, 2.45) is 11.8 Å². The van der Waals surface area contributed by atoms with Gasteiger partial charge in [-0.1, -0.05) is 12.1 Å². The van der Waals surface area contributed by atoms with E-state index in [-0.39, 0.29) is 5.92 Å². The molecule has 1 heterocycles. The lowest BCUT2D eigenvalue weighted by atomic mass is 10.1. The van der Waals surface area contributed by atoms with Crippen LogP contribution in [0.25, 0.3) is 0 Å². The van der Waals surface area contributed by atoms with Gasteiger partial charge in [-0.2, -0.15) is 10.2 Å². The Morgan fingerprint density at radius 2 is 2.38 bits per heavy atom. The van der Waals surface area contributed by atoms with Crippen molar-refractivity contribution in [2.75, 3.05) is 0 Å². The minimum absolute atomic E-state index is 0.0594. The fraction of sp³-hybridized carbons (Fsp3) is 0.750. The van der Waals surface area contributed by atoms with Crippen LogP contribution in [-0.2, 0) is 6.42 Å². The van der Waals surface area contributed by atoms with E-state index in [0.717, 1.165) is 24.6 Å². The molecule has 1 aromatic rings. The molecule has 0 aliphatic heterocycles. The number of hydrogen-bond acceptors (Lipinski definition) is 4. The Labute approximate surface area is 95.7 Å². The predicted octanol–water partition coefficient (Wildman–Crippen LogP) is 2.68. The smallest absolute Gasteiger partial charge is 0.227 e. The number of hydrogen-bond donors (Lipinski definition) is 0. The van der Waals surface area contributed by atoms with Crippen molar-refractivity contribution in [3.8, 4) is 6.07 Å². The molecular formula is C12H17N3O. The summed E-state index contributed by atoms with van der Waals surface area (Å²) in [6.45, 7) is 4.13. The summed E-state index contributed by atoms with van der Waals surface area (Å²) in [4.78, 5) is 4.39. The lowest BCUT2D eigenvalue weighted by Gasteiger charge is -2.01. The van der Waals surface area contributed by atoms with Gasteiger partial charge in [0.05, 0.1) is 12.0 Å². The normalized spacial score (nSPS) is 26.6. The van der Waals surface area contributed by atoms with E-state index in [2.05, 4.69) is 23.1 Å². The van der Waals surface area contributed by atoms with Crippen LogP contribution in [0.2, 0.25) is 0 Å². The molecule has 4 nitrogen and oxygen atoms in total. The van der Waals surface area contributed by atoms with Gasteiger partial charge in [-0.15, -0.1) is 0 Å². The van der Waals surface area contributed by atoms with Gasteiger partial charge in [-0.25, -0.2) is 0 Å². The molecule has 1 aliphatic rings. The summed E-state index contributed by atoms with van der Waals surface area (Å²) in [6.07, 6.45) is 4.13. The Morgan fingerprint density at radius 1 is 1.56 bits per heavy atom. The highest BCUT2D eigenvalue weighted by atomic mass is 16.5. The van der Waals surface area contributed by atoms with Crippen LogP contribution >= 0.6 is 0 Å². The van der Waals surface area contributed by atoms with Crippen LogP contribution in [0.4, 0.5) is 0 Å². The van der Waals surface area contributed by atoms with E-state index in [1.807, 2.05) is 6.92 Å². The Balaban J connectivity index is 2.00. The molecule has 0 saturated heterocycles. The fourth-order valence-electron chi connectivity index (χ4n) is 2.27. The molecule has 0 aromatic carbocycles. The van der Waals surface area contributed by atoms with Crippen molar-refractivity contribution in [3.63, 3.8) is 0 Å². The van der Waals surface area contributed by atoms with Gasteiger partial charge in [0.1, 0.15) is 0 Å². The molecule has 1 saturated carbocycles. The number of nitriles is 1. The third-order valence-electron chi connectivity index (χ3n) is 3.24. The SMILES string of the molecule is CC(C#N)Cc1nc(C2CCC(C)C2)no1. The highest BCUT2D eigenvalue weighted by Crippen LogP contribution is 2.36. The maximum absolute atomic E-state index is 8.71. The maximum Gasteiger partial charge on any atom is 0.227 e. The van der Waals surface area contributed by atoms with E-state index in [4.69, 9.17) is 9.78 Å². The minimum Gasteiger partial charge on any atom is -0.339 e. The second kappa shape index (κ2) is 4.65. The van der Waals surface area contributed by atoms with Gasteiger partial charge >= 0.3 is 0 Å². The van der Waals surface area contributed by atoms with Crippen molar-refractivity contribution in [3.05, 3.63) is 11.7 Å². The topological polar surface area (TPSA) is 62.7 Å². The lowest BCUT2D eigenvalue weighted by Crippen LogP contribution is -1.99. The second-order valence-corrected chi connectivity index (χ2v) is 4.90. The second-order valence-electron chi connectivity index (χ2n) is 4.90. The van der Waals surface area contributed by atoms with Crippen LogP contribution in [-0.4, -0.2) is 10.1 Å². The molecule has 0 N–H and O–H groups in total. The molecule has 1 aliphatic carbocycles. The maximum atomic E-state index is 8.71. The summed E-state index contributed by atoms with van der Waals surface area (Å²) in [6, 6.07) is 2.17. The molecule has 4 heteroatoms. The zero-order valence-electron chi connectivity index (χ0n) is 9.81. The molecule has 0 spiro atoms. The average molecular weight is 219 g/mol. The van der Waals surface area contributed by atoms with Gasteiger partial charge in [0, 0.05) is 12.3 Å². The Hall–Kier alpha value is -1.37. The molecule has 0 bridgehead atoms. The number of rotatable bonds is 3. The lowest BCUT2D eigenvalue weighted by molar-refractivity contribution is 0.361. The zero-order chi connectivity index (χ0) is 11.5. The van der Waals surface area contributed by atoms with Gasteiger partial charge < -0.3 is 4.52 Å². The molecule has 0 radical (unpaired) electrons. The molecule has 1 fully saturated rings. The minimum atomic E-state index is -0.0594. The highest BCUT2D eigenvalue weighted by Gasteiger charge is 2.26. The van der Waals surface area contributed by atoms with Gasteiger partial charge in [-0.3, -0.25) is 0 Å². The summed E-state index contributed by atoms with van der Waals surface area (Å²) < 4.78 is 5.17. The van der Waals surface area contributed by atoms with E-state index < -0.39 is 0 Å². The molecule has 0 amide bonds. The molecule has 16 heavy (non-hydrogen) atoms. The van der Waals surface area contributed by atoms with Gasteiger partial charge in [0.25, 0.3) is 0 Å². The van der Waals surface area contributed by atoms with Crippen molar-refractivity contribution in [1.82, 2.24) is 10.1 Å². The summed E-state index contributed by atoms with van der Waals surface area (Å²) in [5.41, 5.74) is 0. The summed E-state index contributed by atoms with van der Waals surface area (Å²) in [7, 11) is 0. The largest absolute Gasteiger partial charge is 0.339 e. The Bertz CT molecular complexity index is 393. The molecular weight excluding hydrogens is 202 g/mol. The van der Waals surface area contributed by atoms with Crippen LogP contribution in [0.15, 0.2) is 4.52 Å². The predicted molar refractivity (Wildman–Crippen MR) is 58.5 cm³/mol. The van der Waals surface area contributed by atoms with Crippen molar-refractivity contribution in [2.45, 2.75) is 45.4 Å². The molecule has 86 valence electrons. The number of aromatic nitrogens is 2. The quantitative estimate of drug-likeness (QED) is 0.784. The molecule has 3 atom stereocenters. The summed E-state index contributed by atoms with van der Waals surface area (Å²) in [5, 5.41) is 12.7. The molecule has 3 unspecified atom stereocenters. The van der Waals surface area contributed by atoms with Gasteiger partial charge in [0.15, 0.2) is 5.82 Å². The van der Waals surface area contributed by atoms with Crippen LogP contribution in [0.1, 0.15) is 50.7 Å². The average Bonchev–Trinajstić information content (AvgIpc) is 2.87. The number of nitrogens with zero attached hydrogens (tertiary/aromatic N) is 3. The standard InChI is InChI=1S/C12H17N3O/c1-8-3-4-10(5-8)12-14-11(16-15-12)6-9(2)7-13/h8-10H,3-6H2,1-2H3. The molecule has 2 rings (SSSR count). The molecule has 1 aromatic heterocycles. The van der Waals surface area contributed by atoms with Crippen LogP contribution in [0.5, 0.6) is 0 Å². The van der Waals surface area contributed by atoms with E-state index in [1.54, 1.807) is 0 Å². The summed E-state index contributed by atoms with van der Waals surface area (Å²) >= 11 is 0.